The fourth-order valence-corrected chi connectivity index (χ4v) is 2.23. The molecule has 0 aliphatic carbocycles. The lowest BCUT2D eigenvalue weighted by molar-refractivity contribution is 0.624. The molecule has 0 heterocycles. The lowest BCUT2D eigenvalue weighted by Gasteiger charge is -2.11. The Labute approximate surface area is 124 Å². The van der Waals surface area contributed by atoms with Crippen LogP contribution in [0.1, 0.15) is 16.7 Å². The Bertz CT molecular complexity index is 757. The van der Waals surface area contributed by atoms with Gasteiger partial charge in [-0.2, -0.15) is 10.5 Å². The van der Waals surface area contributed by atoms with Crippen LogP contribution in [0, 0.1) is 35.4 Å². The summed E-state index contributed by atoms with van der Waals surface area (Å²) in [5.74, 6) is -0.561. The van der Waals surface area contributed by atoms with Gasteiger partial charge in [-0.3, -0.25) is 0 Å². The van der Waals surface area contributed by atoms with E-state index in [1.807, 2.05) is 19.1 Å². The molecule has 0 bridgehead atoms. The van der Waals surface area contributed by atoms with Crippen molar-refractivity contribution in [3.05, 3.63) is 57.3 Å². The molecule has 2 aromatic carbocycles. The third-order valence-electron chi connectivity index (χ3n) is 2.86. The van der Waals surface area contributed by atoms with Gasteiger partial charge in [-0.05, 0) is 46.6 Å². The van der Waals surface area contributed by atoms with Crippen LogP contribution in [0.3, 0.4) is 0 Å². The standard InChI is InChI=1S/C15H9BrFN3/c1-9-3-2-4-12(11(9)8-19)20-13-6-5-10(7-18)14(16)15(13)17/h2-6,20H,1H3. The Morgan fingerprint density at radius 1 is 1.10 bits per heavy atom. The van der Waals surface area contributed by atoms with E-state index < -0.39 is 5.82 Å². The first-order valence-electron chi connectivity index (χ1n) is 5.73. The second kappa shape index (κ2) is 5.73. The summed E-state index contributed by atoms with van der Waals surface area (Å²) in [6.45, 7) is 1.81. The SMILES string of the molecule is Cc1cccc(Nc2ccc(C#N)c(Br)c2F)c1C#N. The molecule has 1 N–H and O–H groups in total. The summed E-state index contributed by atoms with van der Waals surface area (Å²) in [6, 6.07) is 12.3. The lowest BCUT2D eigenvalue weighted by atomic mass is 10.1. The van der Waals surface area contributed by atoms with Crippen molar-refractivity contribution in [2.45, 2.75) is 6.92 Å². The van der Waals surface area contributed by atoms with Crippen LogP contribution in [0.4, 0.5) is 15.8 Å². The number of rotatable bonds is 2. The number of nitriles is 2. The molecule has 0 aliphatic heterocycles. The summed E-state index contributed by atoms with van der Waals surface area (Å²) >= 11 is 3.05. The Hall–Kier alpha value is -2.37. The van der Waals surface area contributed by atoms with Gasteiger partial charge >= 0.3 is 0 Å². The van der Waals surface area contributed by atoms with Crippen molar-refractivity contribution in [1.29, 1.82) is 10.5 Å². The molecule has 0 aliphatic rings. The van der Waals surface area contributed by atoms with Gasteiger partial charge in [-0.15, -0.1) is 0 Å². The van der Waals surface area contributed by atoms with Crippen LogP contribution in [0.5, 0.6) is 0 Å². The summed E-state index contributed by atoms with van der Waals surface area (Å²) in [5, 5.41) is 20.9. The van der Waals surface area contributed by atoms with Crippen molar-refractivity contribution < 1.29 is 4.39 Å². The maximum atomic E-state index is 14.1. The van der Waals surface area contributed by atoms with Crippen LogP contribution in [0.25, 0.3) is 0 Å². The van der Waals surface area contributed by atoms with E-state index in [0.29, 0.717) is 11.3 Å². The first-order valence-corrected chi connectivity index (χ1v) is 6.52. The molecule has 2 rings (SSSR count). The zero-order valence-corrected chi connectivity index (χ0v) is 12.1. The molecular weight excluding hydrogens is 321 g/mol. The van der Waals surface area contributed by atoms with E-state index in [2.05, 4.69) is 27.3 Å². The van der Waals surface area contributed by atoms with Gasteiger partial charge in [0.05, 0.1) is 27.0 Å². The van der Waals surface area contributed by atoms with E-state index in [9.17, 15) is 4.39 Å². The van der Waals surface area contributed by atoms with Crippen molar-refractivity contribution in [3.63, 3.8) is 0 Å². The summed E-state index contributed by atoms with van der Waals surface area (Å²) in [4.78, 5) is 0. The highest BCUT2D eigenvalue weighted by Crippen LogP contribution is 2.30. The average molecular weight is 330 g/mol. The van der Waals surface area contributed by atoms with Crippen molar-refractivity contribution in [2.24, 2.45) is 0 Å². The number of halogens is 2. The number of benzene rings is 2. The lowest BCUT2D eigenvalue weighted by Crippen LogP contribution is -1.99. The topological polar surface area (TPSA) is 59.6 Å². The predicted molar refractivity (Wildman–Crippen MR) is 78.0 cm³/mol. The molecule has 0 aromatic heterocycles. The number of nitrogens with zero attached hydrogens (tertiary/aromatic N) is 2. The number of nitrogens with one attached hydrogen (secondary N) is 1. The number of hydrogen-bond donors (Lipinski definition) is 1. The molecule has 3 nitrogen and oxygen atoms in total. The van der Waals surface area contributed by atoms with Gasteiger partial charge < -0.3 is 5.32 Å². The van der Waals surface area contributed by atoms with Gasteiger partial charge in [0.2, 0.25) is 0 Å². The first-order chi connectivity index (χ1) is 9.58. The van der Waals surface area contributed by atoms with Crippen LogP contribution in [0.2, 0.25) is 0 Å². The minimum atomic E-state index is -0.561. The molecule has 0 radical (unpaired) electrons. The Morgan fingerprint density at radius 3 is 2.50 bits per heavy atom. The van der Waals surface area contributed by atoms with Crippen molar-refractivity contribution in [2.75, 3.05) is 5.32 Å². The molecule has 0 atom stereocenters. The highest BCUT2D eigenvalue weighted by atomic mass is 79.9. The highest BCUT2D eigenvalue weighted by molar-refractivity contribution is 9.10. The van der Waals surface area contributed by atoms with E-state index >= 15 is 0 Å². The van der Waals surface area contributed by atoms with E-state index in [1.54, 1.807) is 12.1 Å². The molecule has 0 unspecified atom stereocenters. The molecule has 20 heavy (non-hydrogen) atoms. The molecule has 0 spiro atoms. The smallest absolute Gasteiger partial charge is 0.162 e. The zero-order valence-electron chi connectivity index (χ0n) is 10.5. The second-order valence-electron chi connectivity index (χ2n) is 4.13. The molecule has 5 heteroatoms. The molecule has 0 fully saturated rings. The Morgan fingerprint density at radius 2 is 1.85 bits per heavy atom. The number of anilines is 2. The third kappa shape index (κ3) is 2.49. The molecule has 0 saturated heterocycles. The quantitative estimate of drug-likeness (QED) is 0.889. The minimum Gasteiger partial charge on any atom is -0.352 e. The van der Waals surface area contributed by atoms with E-state index in [4.69, 9.17) is 10.5 Å². The van der Waals surface area contributed by atoms with Gasteiger partial charge in [0, 0.05) is 0 Å². The van der Waals surface area contributed by atoms with Crippen LogP contribution in [-0.4, -0.2) is 0 Å². The fraction of sp³-hybridized carbons (Fsp3) is 0.0667. The summed E-state index contributed by atoms with van der Waals surface area (Å²) in [7, 11) is 0. The van der Waals surface area contributed by atoms with Crippen molar-refractivity contribution in [3.8, 4) is 12.1 Å². The largest absolute Gasteiger partial charge is 0.352 e. The fourth-order valence-electron chi connectivity index (χ4n) is 1.80. The van der Waals surface area contributed by atoms with E-state index in [0.717, 1.165) is 5.56 Å². The summed E-state index contributed by atoms with van der Waals surface area (Å²) in [5.41, 5.74) is 2.23. The number of hydrogen-bond acceptors (Lipinski definition) is 3. The summed E-state index contributed by atoms with van der Waals surface area (Å²) in [6.07, 6.45) is 0. The zero-order chi connectivity index (χ0) is 14.7. The van der Waals surface area contributed by atoms with Crippen LogP contribution in [0.15, 0.2) is 34.8 Å². The van der Waals surface area contributed by atoms with Crippen molar-refractivity contribution in [1.82, 2.24) is 0 Å². The maximum absolute atomic E-state index is 14.1. The monoisotopic (exact) mass is 329 g/mol. The predicted octanol–water partition coefficient (Wildman–Crippen LogP) is 4.38. The summed E-state index contributed by atoms with van der Waals surface area (Å²) < 4.78 is 14.2. The Kier molecular flexibility index (Phi) is 4.02. The Balaban J connectivity index is 2.47. The molecular formula is C15H9BrFN3. The van der Waals surface area contributed by atoms with Crippen molar-refractivity contribution >= 4 is 27.3 Å². The minimum absolute atomic E-state index is 0.108. The van der Waals surface area contributed by atoms with E-state index in [-0.39, 0.29) is 15.7 Å². The average Bonchev–Trinajstić information content (AvgIpc) is 2.44. The maximum Gasteiger partial charge on any atom is 0.162 e. The highest BCUT2D eigenvalue weighted by Gasteiger charge is 2.13. The van der Waals surface area contributed by atoms with Crippen LogP contribution in [-0.2, 0) is 0 Å². The molecule has 2 aromatic rings. The molecule has 98 valence electrons. The van der Waals surface area contributed by atoms with Gasteiger partial charge in [-0.1, -0.05) is 12.1 Å². The normalized spacial score (nSPS) is 9.65. The van der Waals surface area contributed by atoms with Crippen LogP contribution >= 0.6 is 15.9 Å². The number of aryl methyl sites for hydroxylation is 1. The second-order valence-corrected chi connectivity index (χ2v) is 4.93. The van der Waals surface area contributed by atoms with Gasteiger partial charge in [0.1, 0.15) is 12.1 Å². The first kappa shape index (κ1) is 14.0. The van der Waals surface area contributed by atoms with Gasteiger partial charge in [-0.25, -0.2) is 4.39 Å². The molecule has 0 amide bonds. The van der Waals surface area contributed by atoms with Crippen LogP contribution < -0.4 is 5.32 Å². The molecule has 0 saturated carbocycles. The third-order valence-corrected chi connectivity index (χ3v) is 3.63. The van der Waals surface area contributed by atoms with Gasteiger partial charge in [0.15, 0.2) is 5.82 Å². The van der Waals surface area contributed by atoms with Gasteiger partial charge in [0.25, 0.3) is 0 Å². The van der Waals surface area contributed by atoms with E-state index in [1.165, 1.54) is 12.1 Å².